The summed E-state index contributed by atoms with van der Waals surface area (Å²) in [5.74, 6) is 3.79. The molecule has 3 rings (SSSR count). The molecule has 4 heteroatoms. The molecule has 2 saturated carbocycles. The number of carbonyl (C=O) groups is 1. The molecule has 1 aromatic heterocycles. The number of ether oxygens (including phenoxy) is 2. The van der Waals surface area contributed by atoms with Crippen LogP contribution in [-0.2, 0) is 4.79 Å². The molecular weight excluding hydrogens is 434 g/mol. The maximum absolute atomic E-state index is 12.7. The van der Waals surface area contributed by atoms with E-state index in [0.717, 1.165) is 37.0 Å². The predicted octanol–water partition coefficient (Wildman–Crippen LogP) is 8.92. The first kappa shape index (κ1) is 28.0. The third kappa shape index (κ3) is 10.1. The molecule has 0 spiro atoms. The topological polar surface area (TPSA) is 48.4 Å². The standard InChI is InChI=1S/C31H51NO3/c1-3-5-7-9-10-12-25-13-15-26(16-14-25)27-17-19-28(20-18-27)31(33)35-29-21-22-30(32-24-29)34-23-11-8-6-4-2/h21-22,24-28H,3-20,23H2,1-2H3. The van der Waals surface area contributed by atoms with Gasteiger partial charge in [0.2, 0.25) is 5.88 Å². The Hall–Kier alpha value is -1.58. The number of esters is 1. The highest BCUT2D eigenvalue weighted by atomic mass is 16.5. The average molecular weight is 486 g/mol. The zero-order chi connectivity index (χ0) is 24.7. The summed E-state index contributed by atoms with van der Waals surface area (Å²) in [6.45, 7) is 5.19. The van der Waals surface area contributed by atoms with Gasteiger partial charge >= 0.3 is 5.97 Å². The quantitative estimate of drug-likeness (QED) is 0.184. The van der Waals surface area contributed by atoms with E-state index in [-0.39, 0.29) is 11.9 Å². The SMILES string of the molecule is CCCCCCCC1CCC(C2CCC(C(=O)Oc3ccc(OCCCCCC)nc3)CC2)CC1. The van der Waals surface area contributed by atoms with Crippen molar-refractivity contribution in [3.05, 3.63) is 18.3 Å². The van der Waals surface area contributed by atoms with Gasteiger partial charge in [0.1, 0.15) is 5.75 Å². The summed E-state index contributed by atoms with van der Waals surface area (Å²) in [4.78, 5) is 17.0. The van der Waals surface area contributed by atoms with E-state index in [1.165, 1.54) is 96.3 Å². The number of hydrogen-bond acceptors (Lipinski definition) is 4. The van der Waals surface area contributed by atoms with Crippen molar-refractivity contribution < 1.29 is 14.3 Å². The van der Waals surface area contributed by atoms with Crippen LogP contribution in [0.4, 0.5) is 0 Å². The van der Waals surface area contributed by atoms with Gasteiger partial charge in [-0.05, 0) is 68.8 Å². The van der Waals surface area contributed by atoms with E-state index in [1.807, 2.05) is 0 Å². The van der Waals surface area contributed by atoms with Gasteiger partial charge in [0.15, 0.2) is 0 Å². The number of carbonyl (C=O) groups excluding carboxylic acids is 1. The molecule has 0 aromatic carbocycles. The van der Waals surface area contributed by atoms with Crippen molar-refractivity contribution in [3.8, 4) is 11.6 Å². The third-order valence-corrected chi connectivity index (χ3v) is 8.55. The molecule has 2 aliphatic carbocycles. The van der Waals surface area contributed by atoms with Gasteiger partial charge < -0.3 is 9.47 Å². The van der Waals surface area contributed by atoms with Gasteiger partial charge in [-0.1, -0.05) is 84.5 Å². The molecule has 1 aromatic rings. The maximum Gasteiger partial charge on any atom is 0.314 e. The first-order valence-electron chi connectivity index (χ1n) is 15.0. The number of aromatic nitrogens is 1. The van der Waals surface area contributed by atoms with Gasteiger partial charge in [-0.3, -0.25) is 4.79 Å². The largest absolute Gasteiger partial charge is 0.478 e. The van der Waals surface area contributed by atoms with Gasteiger partial charge in [-0.15, -0.1) is 0 Å². The fourth-order valence-corrected chi connectivity index (χ4v) is 6.23. The fraction of sp³-hybridized carbons (Fsp3) is 0.806. The Labute approximate surface area is 215 Å². The summed E-state index contributed by atoms with van der Waals surface area (Å²) in [6.07, 6.45) is 24.9. The van der Waals surface area contributed by atoms with Crippen LogP contribution in [0.15, 0.2) is 18.3 Å². The lowest BCUT2D eigenvalue weighted by Crippen LogP contribution is -2.30. The molecule has 0 radical (unpaired) electrons. The van der Waals surface area contributed by atoms with Crippen LogP contribution in [0, 0.1) is 23.7 Å². The first-order chi connectivity index (χ1) is 17.2. The van der Waals surface area contributed by atoms with Crippen molar-refractivity contribution in [1.29, 1.82) is 0 Å². The minimum Gasteiger partial charge on any atom is -0.478 e. The Kier molecular flexibility index (Phi) is 13.0. The summed E-state index contributed by atoms with van der Waals surface area (Å²) in [5, 5.41) is 0. The van der Waals surface area contributed by atoms with Gasteiger partial charge in [-0.2, -0.15) is 0 Å². The highest BCUT2D eigenvalue weighted by molar-refractivity contribution is 5.75. The summed E-state index contributed by atoms with van der Waals surface area (Å²) in [6, 6.07) is 3.61. The lowest BCUT2D eigenvalue weighted by Gasteiger charge is -2.37. The van der Waals surface area contributed by atoms with E-state index >= 15 is 0 Å². The van der Waals surface area contributed by atoms with Crippen molar-refractivity contribution in [3.63, 3.8) is 0 Å². The third-order valence-electron chi connectivity index (χ3n) is 8.55. The van der Waals surface area contributed by atoms with Crippen LogP contribution in [0.1, 0.15) is 129 Å². The molecule has 198 valence electrons. The van der Waals surface area contributed by atoms with Crippen LogP contribution in [0.3, 0.4) is 0 Å². The number of pyridine rings is 1. The predicted molar refractivity (Wildman–Crippen MR) is 144 cm³/mol. The zero-order valence-electron chi connectivity index (χ0n) is 22.6. The maximum atomic E-state index is 12.7. The number of rotatable bonds is 15. The van der Waals surface area contributed by atoms with Crippen molar-refractivity contribution in [2.24, 2.45) is 23.7 Å². The van der Waals surface area contributed by atoms with Crippen molar-refractivity contribution in [1.82, 2.24) is 4.98 Å². The monoisotopic (exact) mass is 485 g/mol. The molecule has 4 nitrogen and oxygen atoms in total. The Morgan fingerprint density at radius 2 is 1.43 bits per heavy atom. The lowest BCUT2D eigenvalue weighted by atomic mass is 9.68. The summed E-state index contributed by atoms with van der Waals surface area (Å²) < 4.78 is 11.4. The van der Waals surface area contributed by atoms with Crippen molar-refractivity contribution >= 4 is 5.97 Å². The molecule has 0 saturated heterocycles. The Morgan fingerprint density at radius 1 is 0.800 bits per heavy atom. The second-order valence-electron chi connectivity index (χ2n) is 11.3. The van der Waals surface area contributed by atoms with E-state index in [2.05, 4.69) is 18.8 Å². The molecule has 0 aliphatic heterocycles. The van der Waals surface area contributed by atoms with Crippen molar-refractivity contribution in [2.75, 3.05) is 6.61 Å². The molecule has 2 fully saturated rings. The smallest absolute Gasteiger partial charge is 0.314 e. The fourth-order valence-electron chi connectivity index (χ4n) is 6.23. The number of nitrogens with zero attached hydrogens (tertiary/aromatic N) is 1. The molecule has 0 amide bonds. The second kappa shape index (κ2) is 16.2. The molecule has 0 bridgehead atoms. The van der Waals surface area contributed by atoms with Crippen LogP contribution < -0.4 is 9.47 Å². The van der Waals surface area contributed by atoms with Crippen LogP contribution >= 0.6 is 0 Å². The Bertz CT molecular complexity index is 688. The molecule has 0 N–H and O–H groups in total. The van der Waals surface area contributed by atoms with E-state index in [1.54, 1.807) is 18.3 Å². The minimum absolute atomic E-state index is 0.0419. The van der Waals surface area contributed by atoms with E-state index in [9.17, 15) is 4.79 Å². The normalized spacial score (nSPS) is 24.7. The summed E-state index contributed by atoms with van der Waals surface area (Å²) >= 11 is 0. The average Bonchev–Trinajstić information content (AvgIpc) is 2.90. The zero-order valence-corrected chi connectivity index (χ0v) is 22.6. The summed E-state index contributed by atoms with van der Waals surface area (Å²) in [7, 11) is 0. The Balaban J connectivity index is 1.29. The molecule has 0 unspecified atom stereocenters. The number of unbranched alkanes of at least 4 members (excludes halogenated alkanes) is 7. The second-order valence-corrected chi connectivity index (χ2v) is 11.3. The van der Waals surface area contributed by atoms with Crippen LogP contribution in [0.25, 0.3) is 0 Å². The highest BCUT2D eigenvalue weighted by Crippen LogP contribution is 2.42. The molecule has 0 atom stereocenters. The number of hydrogen-bond donors (Lipinski definition) is 0. The lowest BCUT2D eigenvalue weighted by molar-refractivity contribution is -0.140. The first-order valence-corrected chi connectivity index (χ1v) is 15.0. The molecular formula is C31H51NO3. The molecule has 2 aliphatic rings. The van der Waals surface area contributed by atoms with Gasteiger partial charge in [0.05, 0.1) is 18.7 Å². The molecule has 35 heavy (non-hydrogen) atoms. The van der Waals surface area contributed by atoms with Crippen LogP contribution in [0.2, 0.25) is 0 Å². The van der Waals surface area contributed by atoms with E-state index < -0.39 is 0 Å². The van der Waals surface area contributed by atoms with Gasteiger partial charge in [0.25, 0.3) is 0 Å². The van der Waals surface area contributed by atoms with Gasteiger partial charge in [-0.25, -0.2) is 4.98 Å². The van der Waals surface area contributed by atoms with Crippen molar-refractivity contribution in [2.45, 2.75) is 129 Å². The van der Waals surface area contributed by atoms with Crippen LogP contribution in [-0.4, -0.2) is 17.6 Å². The van der Waals surface area contributed by atoms with Gasteiger partial charge in [0, 0.05) is 6.07 Å². The highest BCUT2D eigenvalue weighted by Gasteiger charge is 2.33. The minimum atomic E-state index is -0.0785. The van der Waals surface area contributed by atoms with E-state index in [0.29, 0.717) is 18.2 Å². The van der Waals surface area contributed by atoms with E-state index in [4.69, 9.17) is 9.47 Å². The Morgan fingerprint density at radius 3 is 2.06 bits per heavy atom. The molecule has 1 heterocycles. The van der Waals surface area contributed by atoms with Crippen LogP contribution in [0.5, 0.6) is 11.6 Å². The summed E-state index contributed by atoms with van der Waals surface area (Å²) in [5.41, 5.74) is 0.